The molecule has 0 aliphatic carbocycles. The summed E-state index contributed by atoms with van der Waals surface area (Å²) in [5.74, 6) is 0.330. The van der Waals surface area contributed by atoms with Gasteiger partial charge in [-0.25, -0.2) is 4.79 Å². The number of H-pyrrole nitrogens is 1. The molecule has 3 N–H and O–H groups in total. The summed E-state index contributed by atoms with van der Waals surface area (Å²) in [4.78, 5) is 14.5. The fourth-order valence-electron chi connectivity index (χ4n) is 3.24. The van der Waals surface area contributed by atoms with Crippen LogP contribution in [0.15, 0.2) is 65.2 Å². The highest BCUT2D eigenvalue weighted by Crippen LogP contribution is 2.30. The van der Waals surface area contributed by atoms with Crippen molar-refractivity contribution < 1.29 is 14.3 Å². The first-order chi connectivity index (χ1) is 13.6. The number of hydrogen-bond donors (Lipinski definition) is 3. The van der Waals surface area contributed by atoms with Crippen LogP contribution in [0.5, 0.6) is 0 Å². The summed E-state index contributed by atoms with van der Waals surface area (Å²) >= 11 is 6.20. The van der Waals surface area contributed by atoms with Crippen molar-refractivity contribution in [2.24, 2.45) is 0 Å². The second-order valence-corrected chi connectivity index (χ2v) is 6.96. The number of aromatic carboxylic acids is 1. The number of hydrogen-bond acceptors (Lipinski definition) is 3. The summed E-state index contributed by atoms with van der Waals surface area (Å²) in [5.41, 5.74) is 3.18. The number of aromatic amines is 1. The van der Waals surface area contributed by atoms with Crippen molar-refractivity contribution in [2.45, 2.75) is 13.0 Å². The molecule has 0 aliphatic heterocycles. The lowest BCUT2D eigenvalue weighted by molar-refractivity contribution is 0.0697. The minimum Gasteiger partial charge on any atom is -0.478 e. The third-order valence-electron chi connectivity index (χ3n) is 4.69. The molecule has 0 radical (unpaired) electrons. The first kappa shape index (κ1) is 18.3. The summed E-state index contributed by atoms with van der Waals surface area (Å²) in [6, 6.07) is 16.5. The van der Waals surface area contributed by atoms with Crippen LogP contribution in [-0.2, 0) is 13.0 Å². The molecule has 0 saturated carbocycles. The fraction of sp³-hybridized carbons (Fsp3) is 0.136. The Morgan fingerprint density at radius 1 is 1.14 bits per heavy atom. The Kier molecular flexibility index (Phi) is 5.19. The molecular weight excluding hydrogens is 376 g/mol. The van der Waals surface area contributed by atoms with Crippen LogP contribution < -0.4 is 5.32 Å². The van der Waals surface area contributed by atoms with Crippen LogP contribution in [-0.4, -0.2) is 22.6 Å². The van der Waals surface area contributed by atoms with Gasteiger partial charge in [0.15, 0.2) is 0 Å². The molecule has 5 nitrogen and oxygen atoms in total. The van der Waals surface area contributed by atoms with E-state index in [1.54, 1.807) is 6.07 Å². The van der Waals surface area contributed by atoms with E-state index in [-0.39, 0.29) is 5.56 Å². The van der Waals surface area contributed by atoms with Crippen molar-refractivity contribution in [3.8, 4) is 11.3 Å². The molecule has 0 aliphatic rings. The van der Waals surface area contributed by atoms with Gasteiger partial charge in [0.05, 0.1) is 17.1 Å². The Labute approximate surface area is 166 Å². The van der Waals surface area contributed by atoms with Gasteiger partial charge in [-0.2, -0.15) is 0 Å². The number of carbonyl (C=O) groups is 1. The molecule has 6 heteroatoms. The molecule has 0 atom stereocenters. The van der Waals surface area contributed by atoms with Gasteiger partial charge in [0.2, 0.25) is 0 Å². The minimum absolute atomic E-state index is 0.175. The normalized spacial score (nSPS) is 11.2. The number of para-hydroxylation sites is 1. The van der Waals surface area contributed by atoms with Gasteiger partial charge in [-0.3, -0.25) is 0 Å². The Hall–Kier alpha value is -3.02. The van der Waals surface area contributed by atoms with E-state index in [2.05, 4.69) is 28.6 Å². The molecule has 142 valence electrons. The van der Waals surface area contributed by atoms with Crippen LogP contribution >= 0.6 is 11.6 Å². The molecule has 0 fully saturated rings. The lowest BCUT2D eigenvalue weighted by Crippen LogP contribution is -2.16. The number of aromatic nitrogens is 1. The minimum atomic E-state index is -0.997. The first-order valence-electron chi connectivity index (χ1n) is 8.99. The first-order valence-corrected chi connectivity index (χ1v) is 9.37. The average molecular weight is 395 g/mol. The van der Waals surface area contributed by atoms with Crippen molar-refractivity contribution in [1.82, 2.24) is 10.3 Å². The molecule has 2 aromatic heterocycles. The highest BCUT2D eigenvalue weighted by molar-refractivity contribution is 6.33. The second-order valence-electron chi connectivity index (χ2n) is 6.55. The van der Waals surface area contributed by atoms with Crippen molar-refractivity contribution in [2.75, 3.05) is 6.54 Å². The van der Waals surface area contributed by atoms with Crippen molar-refractivity contribution in [1.29, 1.82) is 0 Å². The smallest absolute Gasteiger partial charge is 0.335 e. The van der Waals surface area contributed by atoms with Gasteiger partial charge in [0.1, 0.15) is 11.5 Å². The largest absolute Gasteiger partial charge is 0.478 e. The molecule has 4 rings (SSSR count). The maximum absolute atomic E-state index is 11.2. The predicted octanol–water partition coefficient (Wildman–Crippen LogP) is 5.11. The number of carboxylic acids is 1. The van der Waals surface area contributed by atoms with Crippen molar-refractivity contribution >= 4 is 28.5 Å². The van der Waals surface area contributed by atoms with E-state index in [1.165, 1.54) is 23.1 Å². The Morgan fingerprint density at radius 2 is 2.00 bits per heavy atom. The third kappa shape index (κ3) is 3.81. The number of nitrogens with one attached hydrogen (secondary N) is 2. The van der Waals surface area contributed by atoms with Gasteiger partial charge in [0.25, 0.3) is 0 Å². The van der Waals surface area contributed by atoms with E-state index in [9.17, 15) is 4.79 Å². The van der Waals surface area contributed by atoms with E-state index in [0.29, 0.717) is 22.9 Å². The Bertz CT molecular complexity index is 1130. The van der Waals surface area contributed by atoms with E-state index in [1.807, 2.05) is 24.3 Å². The number of furan rings is 1. The maximum atomic E-state index is 11.2. The molecule has 0 bridgehead atoms. The maximum Gasteiger partial charge on any atom is 0.335 e. The zero-order valence-electron chi connectivity index (χ0n) is 15.0. The van der Waals surface area contributed by atoms with Gasteiger partial charge in [0, 0.05) is 22.7 Å². The second kappa shape index (κ2) is 7.92. The summed E-state index contributed by atoms with van der Waals surface area (Å²) in [6.45, 7) is 1.39. The summed E-state index contributed by atoms with van der Waals surface area (Å²) in [6.07, 6.45) is 2.96. The zero-order valence-corrected chi connectivity index (χ0v) is 15.8. The predicted molar refractivity (Wildman–Crippen MR) is 110 cm³/mol. The van der Waals surface area contributed by atoms with Gasteiger partial charge in [-0.1, -0.05) is 29.8 Å². The topological polar surface area (TPSA) is 78.3 Å². The van der Waals surface area contributed by atoms with Crippen LogP contribution in [0.3, 0.4) is 0 Å². The standard InChI is InChI=1S/C22H19ClN2O3/c23-19-7-5-14(22(26)27)11-18(19)21-8-6-16(28-21)13-24-10-9-15-12-25-20-4-2-1-3-17(15)20/h1-8,11-12,24-25H,9-10,13H2,(H,26,27). The highest BCUT2D eigenvalue weighted by atomic mass is 35.5. The Balaban J connectivity index is 1.38. The SMILES string of the molecule is O=C(O)c1ccc(Cl)c(-c2ccc(CNCCc3c[nH]c4ccccc34)o2)c1. The van der Waals surface area contributed by atoms with Gasteiger partial charge in [-0.05, 0) is 54.9 Å². The third-order valence-corrected chi connectivity index (χ3v) is 5.02. The average Bonchev–Trinajstić information content (AvgIpc) is 3.33. The molecule has 0 spiro atoms. The molecular formula is C22H19ClN2O3. The molecule has 28 heavy (non-hydrogen) atoms. The lowest BCUT2D eigenvalue weighted by Gasteiger charge is -2.04. The molecule has 0 saturated heterocycles. The van der Waals surface area contributed by atoms with E-state index >= 15 is 0 Å². The van der Waals surface area contributed by atoms with Crippen molar-refractivity contribution in [3.05, 3.63) is 82.7 Å². The molecule has 0 amide bonds. The summed E-state index contributed by atoms with van der Waals surface area (Å²) < 4.78 is 5.85. The summed E-state index contributed by atoms with van der Waals surface area (Å²) in [5, 5.41) is 14.2. The van der Waals surface area contributed by atoms with Crippen LogP contribution in [0.4, 0.5) is 0 Å². The van der Waals surface area contributed by atoms with Crippen LogP contribution in [0.25, 0.3) is 22.2 Å². The number of carboxylic acid groups (broad SMARTS) is 1. The number of benzene rings is 2. The zero-order chi connectivity index (χ0) is 19.5. The number of rotatable bonds is 7. The van der Waals surface area contributed by atoms with Gasteiger partial charge < -0.3 is 19.8 Å². The van der Waals surface area contributed by atoms with E-state index < -0.39 is 5.97 Å². The molecule has 4 aromatic rings. The van der Waals surface area contributed by atoms with Crippen LogP contribution in [0, 0.1) is 0 Å². The van der Waals surface area contributed by atoms with Gasteiger partial charge >= 0.3 is 5.97 Å². The molecule has 2 heterocycles. The van der Waals surface area contributed by atoms with Crippen molar-refractivity contribution in [3.63, 3.8) is 0 Å². The number of halogens is 1. The summed E-state index contributed by atoms with van der Waals surface area (Å²) in [7, 11) is 0. The fourth-order valence-corrected chi connectivity index (χ4v) is 3.45. The lowest BCUT2D eigenvalue weighted by atomic mass is 10.1. The molecule has 2 aromatic carbocycles. The van der Waals surface area contributed by atoms with Crippen LogP contribution in [0.2, 0.25) is 5.02 Å². The van der Waals surface area contributed by atoms with Gasteiger partial charge in [-0.15, -0.1) is 0 Å². The van der Waals surface area contributed by atoms with E-state index in [0.717, 1.165) is 24.2 Å². The number of fused-ring (bicyclic) bond motifs is 1. The van der Waals surface area contributed by atoms with E-state index in [4.69, 9.17) is 21.1 Å². The molecule has 0 unspecified atom stereocenters. The quantitative estimate of drug-likeness (QED) is 0.380. The highest BCUT2D eigenvalue weighted by Gasteiger charge is 2.12. The monoisotopic (exact) mass is 394 g/mol. The van der Waals surface area contributed by atoms with Crippen LogP contribution in [0.1, 0.15) is 21.7 Å². The Morgan fingerprint density at radius 3 is 2.86 bits per heavy atom.